The third-order valence-electron chi connectivity index (χ3n) is 3.57. The van der Waals surface area contributed by atoms with E-state index in [1.165, 1.54) is 6.07 Å². The van der Waals surface area contributed by atoms with E-state index < -0.39 is 34.6 Å². The summed E-state index contributed by atoms with van der Waals surface area (Å²) in [6, 6.07) is 8.66. The largest absolute Gasteiger partial charge is 0.261 e. The van der Waals surface area contributed by atoms with Crippen molar-refractivity contribution in [1.82, 2.24) is 9.97 Å². The van der Waals surface area contributed by atoms with E-state index in [2.05, 4.69) is 36.4 Å². The molecule has 0 saturated carbocycles. The Morgan fingerprint density at radius 3 is 2.07 bits per heavy atom. The Bertz CT molecular complexity index is 1040. The highest BCUT2D eigenvalue weighted by Crippen LogP contribution is 2.22. The van der Waals surface area contributed by atoms with Crippen LogP contribution in [0.15, 0.2) is 39.9 Å². The number of hydrogen-bond donors (Lipinski definition) is 1. The third kappa shape index (κ3) is 4.01. The van der Waals surface area contributed by atoms with Gasteiger partial charge in [-0.1, -0.05) is 28.1 Å². The van der Waals surface area contributed by atoms with Gasteiger partial charge in [0.2, 0.25) is 5.82 Å². The number of nitrogens with zero attached hydrogens (tertiary/aromatic N) is 3. The second kappa shape index (κ2) is 8.01. The van der Waals surface area contributed by atoms with Crippen molar-refractivity contribution in [3.05, 3.63) is 75.1 Å². The fraction of sp³-hybridized carbons (Fsp3) is 0.0556. The highest BCUT2D eigenvalue weighted by Gasteiger charge is 2.24. The lowest BCUT2D eigenvalue weighted by atomic mass is 10.2. The molecule has 0 aliphatic heterocycles. The predicted molar refractivity (Wildman–Crippen MR) is 97.4 cm³/mol. The molecule has 0 atom stereocenters. The summed E-state index contributed by atoms with van der Waals surface area (Å²) >= 11 is 3.32. The minimum Gasteiger partial charge on any atom is -0.261 e. The van der Waals surface area contributed by atoms with E-state index in [4.69, 9.17) is 0 Å². The first-order valence-electron chi connectivity index (χ1n) is 7.70. The van der Waals surface area contributed by atoms with E-state index in [0.29, 0.717) is 23.3 Å². The van der Waals surface area contributed by atoms with Crippen molar-refractivity contribution in [2.45, 2.75) is 6.92 Å². The van der Waals surface area contributed by atoms with Gasteiger partial charge in [0.1, 0.15) is 0 Å². The molecule has 1 aromatic heterocycles. The maximum atomic E-state index is 13.6. The average molecular weight is 457 g/mol. The Kier molecular flexibility index (Phi) is 5.68. The molecule has 0 saturated heterocycles. The molecule has 1 N–H and O–H groups in total. The van der Waals surface area contributed by atoms with Crippen LogP contribution >= 0.6 is 15.9 Å². The number of aryl methyl sites for hydroxylation is 1. The molecular weight excluding hydrogens is 447 g/mol. The number of nitrogens with one attached hydrogen (secondary N) is 1. The van der Waals surface area contributed by atoms with Crippen LogP contribution in [0.1, 0.15) is 11.3 Å². The van der Waals surface area contributed by atoms with E-state index in [9.17, 15) is 22.0 Å². The van der Waals surface area contributed by atoms with E-state index >= 15 is 0 Å². The van der Waals surface area contributed by atoms with Gasteiger partial charge in [0, 0.05) is 21.8 Å². The summed E-state index contributed by atoms with van der Waals surface area (Å²) in [4.78, 5) is 8.49. The van der Waals surface area contributed by atoms with Crippen molar-refractivity contribution in [2.75, 3.05) is 5.43 Å². The van der Waals surface area contributed by atoms with Crippen molar-refractivity contribution in [3.63, 3.8) is 0 Å². The molecule has 28 heavy (non-hydrogen) atoms. The summed E-state index contributed by atoms with van der Waals surface area (Å²) in [5, 5.41) is 3.53. The second-order valence-corrected chi connectivity index (χ2v) is 6.49. The highest BCUT2D eigenvalue weighted by atomic mass is 79.9. The number of benzene rings is 2. The molecule has 0 spiro atoms. The zero-order valence-corrected chi connectivity index (χ0v) is 15.7. The number of aromatic nitrogens is 2. The SMILES string of the molecule is Cc1cc(N/N=C\c2c(F)c(F)c(F)c(F)c2F)nc(-c2ccc(Br)cc2)n1. The van der Waals surface area contributed by atoms with Crippen LogP contribution in [-0.4, -0.2) is 16.2 Å². The number of rotatable bonds is 4. The molecule has 0 bridgehead atoms. The molecule has 0 amide bonds. The van der Waals surface area contributed by atoms with Gasteiger partial charge in [0.25, 0.3) is 0 Å². The molecule has 0 radical (unpaired) electrons. The Hall–Kier alpha value is -2.88. The highest BCUT2D eigenvalue weighted by molar-refractivity contribution is 9.10. The van der Waals surface area contributed by atoms with Crippen LogP contribution in [0.4, 0.5) is 27.8 Å². The fourth-order valence-corrected chi connectivity index (χ4v) is 2.52. The summed E-state index contributed by atoms with van der Waals surface area (Å²) in [7, 11) is 0. The van der Waals surface area contributed by atoms with Crippen molar-refractivity contribution >= 4 is 28.0 Å². The first-order valence-corrected chi connectivity index (χ1v) is 8.49. The first-order chi connectivity index (χ1) is 13.3. The van der Waals surface area contributed by atoms with E-state index in [1.807, 2.05) is 0 Å². The average Bonchev–Trinajstić information content (AvgIpc) is 2.67. The van der Waals surface area contributed by atoms with Crippen LogP contribution in [0.2, 0.25) is 0 Å². The fourth-order valence-electron chi connectivity index (χ4n) is 2.25. The first kappa shape index (κ1) is 19.9. The number of anilines is 1. The molecule has 0 unspecified atom stereocenters. The summed E-state index contributed by atoms with van der Waals surface area (Å²) in [5.74, 6) is -9.74. The maximum absolute atomic E-state index is 13.6. The molecule has 144 valence electrons. The van der Waals surface area contributed by atoms with Gasteiger partial charge in [-0.2, -0.15) is 5.10 Å². The molecular formula is C18H10BrF5N4. The standard InChI is InChI=1S/C18H10BrF5N4/c1-8-6-12(27-18(26-8)9-2-4-10(19)5-3-9)28-25-7-11-13(20)15(22)17(24)16(23)14(11)21/h2-7H,1H3,(H,26,27,28)/b25-7-. The van der Waals surface area contributed by atoms with Crippen LogP contribution in [0, 0.1) is 36.0 Å². The molecule has 2 aromatic carbocycles. The lowest BCUT2D eigenvalue weighted by Gasteiger charge is -2.06. The van der Waals surface area contributed by atoms with Crippen LogP contribution < -0.4 is 5.43 Å². The zero-order valence-electron chi connectivity index (χ0n) is 14.1. The molecule has 0 aliphatic carbocycles. The smallest absolute Gasteiger partial charge is 0.200 e. The lowest BCUT2D eigenvalue weighted by molar-refractivity contribution is 0.377. The zero-order chi connectivity index (χ0) is 20.4. The molecule has 10 heteroatoms. The van der Waals surface area contributed by atoms with Crippen LogP contribution in [0.25, 0.3) is 11.4 Å². The summed E-state index contributed by atoms with van der Waals surface area (Å²) in [6.07, 6.45) is 0.493. The van der Waals surface area contributed by atoms with E-state index in [1.54, 1.807) is 31.2 Å². The topological polar surface area (TPSA) is 50.2 Å². The van der Waals surface area contributed by atoms with Gasteiger partial charge in [-0.25, -0.2) is 31.9 Å². The minimum absolute atomic E-state index is 0.172. The van der Waals surface area contributed by atoms with Crippen molar-refractivity contribution in [3.8, 4) is 11.4 Å². The molecule has 0 fully saturated rings. The van der Waals surface area contributed by atoms with Gasteiger partial charge in [0.15, 0.2) is 34.9 Å². The molecule has 0 aliphatic rings. The minimum atomic E-state index is -2.23. The summed E-state index contributed by atoms with van der Waals surface area (Å²) < 4.78 is 67.6. The van der Waals surface area contributed by atoms with E-state index in [0.717, 1.165) is 4.47 Å². The maximum Gasteiger partial charge on any atom is 0.200 e. The second-order valence-electron chi connectivity index (χ2n) is 5.58. The van der Waals surface area contributed by atoms with Crippen LogP contribution in [0.5, 0.6) is 0 Å². The Morgan fingerprint density at radius 2 is 1.46 bits per heavy atom. The van der Waals surface area contributed by atoms with Gasteiger partial charge in [-0.05, 0) is 19.1 Å². The molecule has 1 heterocycles. The normalized spacial score (nSPS) is 11.2. The van der Waals surface area contributed by atoms with Crippen molar-refractivity contribution in [1.29, 1.82) is 0 Å². The van der Waals surface area contributed by atoms with Gasteiger partial charge in [0.05, 0.1) is 11.8 Å². The Balaban J connectivity index is 1.89. The van der Waals surface area contributed by atoms with Crippen LogP contribution in [0.3, 0.4) is 0 Å². The monoisotopic (exact) mass is 456 g/mol. The Labute approximate surface area is 164 Å². The summed E-state index contributed by atoms with van der Waals surface area (Å²) in [5.41, 5.74) is 2.51. The summed E-state index contributed by atoms with van der Waals surface area (Å²) in [6.45, 7) is 1.70. The third-order valence-corrected chi connectivity index (χ3v) is 4.10. The molecule has 3 rings (SSSR count). The van der Waals surface area contributed by atoms with Crippen molar-refractivity contribution in [2.24, 2.45) is 5.10 Å². The van der Waals surface area contributed by atoms with Gasteiger partial charge < -0.3 is 0 Å². The number of hydrazone groups is 1. The predicted octanol–water partition coefficient (Wildman–Crippen LogP) is 5.36. The molecule has 4 nitrogen and oxygen atoms in total. The Morgan fingerprint density at radius 1 is 0.893 bits per heavy atom. The van der Waals surface area contributed by atoms with Gasteiger partial charge in [-0.15, -0.1) is 0 Å². The van der Waals surface area contributed by atoms with E-state index in [-0.39, 0.29) is 5.82 Å². The lowest BCUT2D eigenvalue weighted by Crippen LogP contribution is -2.07. The number of hydrogen-bond acceptors (Lipinski definition) is 4. The quantitative estimate of drug-likeness (QED) is 0.189. The van der Waals surface area contributed by atoms with Crippen LogP contribution in [-0.2, 0) is 0 Å². The molecule has 3 aromatic rings. The number of halogens is 6. The van der Waals surface area contributed by atoms with Gasteiger partial charge in [-0.3, -0.25) is 5.43 Å². The van der Waals surface area contributed by atoms with Crippen molar-refractivity contribution < 1.29 is 22.0 Å². The van der Waals surface area contributed by atoms with Gasteiger partial charge >= 0.3 is 0 Å².